The molecule has 4 rings (SSSR count). The van der Waals surface area contributed by atoms with Crippen molar-refractivity contribution in [3.05, 3.63) is 65.0 Å². The fourth-order valence-corrected chi connectivity index (χ4v) is 3.80. The van der Waals surface area contributed by atoms with Crippen LogP contribution < -0.4 is 5.32 Å². The molecular weight excluding hydrogens is 336 g/mol. The van der Waals surface area contributed by atoms with Crippen LogP contribution in [0.5, 0.6) is 0 Å². The Balaban J connectivity index is 1.44. The molecule has 5 heteroatoms. The van der Waals surface area contributed by atoms with Gasteiger partial charge in [-0.1, -0.05) is 18.2 Å². The predicted octanol–water partition coefficient (Wildman–Crippen LogP) is 3.61. The zero-order valence-electron chi connectivity index (χ0n) is 16.0. The van der Waals surface area contributed by atoms with E-state index >= 15 is 0 Å². The van der Waals surface area contributed by atoms with Gasteiger partial charge in [-0.25, -0.2) is 4.98 Å². The van der Waals surface area contributed by atoms with Gasteiger partial charge in [0.2, 0.25) is 0 Å². The molecule has 2 aromatic carbocycles. The van der Waals surface area contributed by atoms with Gasteiger partial charge in [-0.15, -0.1) is 0 Å². The van der Waals surface area contributed by atoms with Crippen LogP contribution in [0.4, 0.5) is 0 Å². The average molecular weight is 362 g/mol. The first kappa shape index (κ1) is 17.7. The summed E-state index contributed by atoms with van der Waals surface area (Å²) >= 11 is 0. The van der Waals surface area contributed by atoms with E-state index in [2.05, 4.69) is 40.4 Å². The van der Waals surface area contributed by atoms with E-state index < -0.39 is 0 Å². The number of hydrogen-bond acceptors (Lipinski definition) is 3. The van der Waals surface area contributed by atoms with Crippen molar-refractivity contribution < 1.29 is 4.79 Å². The van der Waals surface area contributed by atoms with Crippen LogP contribution in [0.3, 0.4) is 0 Å². The van der Waals surface area contributed by atoms with Crippen molar-refractivity contribution in [2.24, 2.45) is 0 Å². The largest absolute Gasteiger partial charge is 0.340 e. The molecule has 2 heterocycles. The Morgan fingerprint density at radius 2 is 2.04 bits per heavy atom. The van der Waals surface area contributed by atoms with E-state index in [0.29, 0.717) is 12.5 Å². The first-order valence-electron chi connectivity index (χ1n) is 9.61. The minimum absolute atomic E-state index is 0.0138. The number of carbonyl (C=O) groups excluding carboxylic acids is 1. The van der Waals surface area contributed by atoms with Gasteiger partial charge in [-0.3, -0.25) is 4.79 Å². The van der Waals surface area contributed by atoms with Gasteiger partial charge < -0.3 is 15.2 Å². The summed E-state index contributed by atoms with van der Waals surface area (Å²) in [6.07, 6.45) is 2.43. The van der Waals surface area contributed by atoms with E-state index in [9.17, 15) is 4.79 Å². The molecule has 0 spiro atoms. The molecule has 2 N–H and O–H groups in total. The molecule has 1 fully saturated rings. The Morgan fingerprint density at radius 1 is 1.22 bits per heavy atom. The monoisotopic (exact) mass is 362 g/mol. The van der Waals surface area contributed by atoms with Crippen LogP contribution in [0.1, 0.15) is 46.1 Å². The third kappa shape index (κ3) is 3.88. The van der Waals surface area contributed by atoms with Crippen molar-refractivity contribution in [2.45, 2.75) is 32.2 Å². The van der Waals surface area contributed by atoms with Crippen LogP contribution in [-0.4, -0.2) is 40.9 Å². The van der Waals surface area contributed by atoms with Gasteiger partial charge in [0, 0.05) is 19.2 Å². The van der Waals surface area contributed by atoms with Crippen LogP contribution in [0.25, 0.3) is 11.0 Å². The fraction of sp³-hybridized carbons (Fsp3) is 0.364. The van der Waals surface area contributed by atoms with Gasteiger partial charge in [0.15, 0.2) is 0 Å². The molecule has 1 aliphatic heterocycles. The van der Waals surface area contributed by atoms with Crippen molar-refractivity contribution in [3.63, 3.8) is 0 Å². The lowest BCUT2D eigenvalue weighted by atomic mass is 9.91. The van der Waals surface area contributed by atoms with Crippen molar-refractivity contribution in [1.29, 1.82) is 0 Å². The molecule has 1 aliphatic rings. The number of aromatic nitrogens is 2. The number of H-pyrrole nitrogens is 1. The molecule has 3 aromatic rings. The zero-order chi connectivity index (χ0) is 18.8. The van der Waals surface area contributed by atoms with Crippen molar-refractivity contribution >= 4 is 16.9 Å². The molecule has 0 unspecified atom stereocenters. The third-order valence-corrected chi connectivity index (χ3v) is 5.35. The van der Waals surface area contributed by atoms with Gasteiger partial charge in [-0.05, 0) is 67.6 Å². The summed E-state index contributed by atoms with van der Waals surface area (Å²) in [7, 11) is 1.82. The number of piperidine rings is 1. The normalized spacial score (nSPS) is 17.2. The van der Waals surface area contributed by atoms with Gasteiger partial charge in [0.05, 0.1) is 17.6 Å². The number of nitrogens with zero attached hydrogens (tertiary/aromatic N) is 2. The summed E-state index contributed by atoms with van der Waals surface area (Å²) in [6.45, 7) is 4.65. The molecule has 0 aliphatic carbocycles. The summed E-state index contributed by atoms with van der Waals surface area (Å²) in [5.41, 5.74) is 5.17. The Labute approximate surface area is 159 Å². The van der Waals surface area contributed by atoms with Gasteiger partial charge >= 0.3 is 0 Å². The van der Waals surface area contributed by atoms with Crippen molar-refractivity contribution in [2.75, 3.05) is 20.1 Å². The number of fused-ring (bicyclic) bond motifs is 1. The molecule has 0 saturated carbocycles. The highest BCUT2D eigenvalue weighted by atomic mass is 16.2. The molecule has 27 heavy (non-hydrogen) atoms. The maximum absolute atomic E-state index is 12.8. The number of carbonyl (C=O) groups is 1. The van der Waals surface area contributed by atoms with E-state index in [1.54, 1.807) is 4.90 Å². The van der Waals surface area contributed by atoms with Crippen LogP contribution in [0, 0.1) is 6.92 Å². The molecule has 1 saturated heterocycles. The number of amides is 1. The van der Waals surface area contributed by atoms with Crippen LogP contribution in [0.15, 0.2) is 42.5 Å². The zero-order valence-corrected chi connectivity index (χ0v) is 16.0. The predicted molar refractivity (Wildman–Crippen MR) is 108 cm³/mol. The summed E-state index contributed by atoms with van der Waals surface area (Å²) in [5.74, 6) is 1.37. The highest BCUT2D eigenvalue weighted by Crippen LogP contribution is 2.23. The number of imidazole rings is 1. The number of aromatic amines is 1. The van der Waals surface area contributed by atoms with Crippen molar-refractivity contribution in [1.82, 2.24) is 20.2 Å². The Morgan fingerprint density at radius 3 is 2.78 bits per heavy atom. The first-order chi connectivity index (χ1) is 13.1. The van der Waals surface area contributed by atoms with E-state index in [1.165, 1.54) is 24.0 Å². The van der Waals surface area contributed by atoms with Crippen LogP contribution in [0.2, 0.25) is 0 Å². The van der Waals surface area contributed by atoms with E-state index in [4.69, 9.17) is 0 Å². The second-order valence-electron chi connectivity index (χ2n) is 7.53. The molecular formula is C22H26N4O. The minimum Gasteiger partial charge on any atom is -0.340 e. The number of hydrogen-bond donors (Lipinski definition) is 2. The SMILES string of the molecule is Cc1ccc2nc(CN(C)C(=O)c3ccc([C@@H]4CCCNC4)cc3)[nH]c2c1. The molecule has 140 valence electrons. The first-order valence-corrected chi connectivity index (χ1v) is 9.61. The molecule has 1 amide bonds. The standard InChI is InChI=1S/C22H26N4O/c1-15-5-10-19-20(12-15)25-21(24-19)14-26(2)22(27)17-8-6-16(7-9-17)18-4-3-11-23-13-18/h5-10,12,18,23H,3-4,11,13-14H2,1-2H3,(H,24,25)/t18-/m1/s1. The number of aryl methyl sites for hydroxylation is 1. The fourth-order valence-electron chi connectivity index (χ4n) is 3.80. The lowest BCUT2D eigenvalue weighted by Gasteiger charge is -2.23. The lowest BCUT2D eigenvalue weighted by molar-refractivity contribution is 0.0782. The van der Waals surface area contributed by atoms with Crippen LogP contribution >= 0.6 is 0 Å². The molecule has 5 nitrogen and oxygen atoms in total. The molecule has 1 aromatic heterocycles. The minimum atomic E-state index is 0.0138. The van der Waals surface area contributed by atoms with E-state index in [0.717, 1.165) is 35.5 Å². The smallest absolute Gasteiger partial charge is 0.253 e. The molecule has 0 bridgehead atoms. The highest BCUT2D eigenvalue weighted by Gasteiger charge is 2.17. The van der Waals surface area contributed by atoms with E-state index in [-0.39, 0.29) is 5.91 Å². The second-order valence-corrected chi connectivity index (χ2v) is 7.53. The summed E-state index contributed by atoms with van der Waals surface area (Å²) < 4.78 is 0. The Hall–Kier alpha value is -2.66. The number of benzene rings is 2. The van der Waals surface area contributed by atoms with Gasteiger partial charge in [-0.2, -0.15) is 0 Å². The topological polar surface area (TPSA) is 61.0 Å². The van der Waals surface area contributed by atoms with Crippen molar-refractivity contribution in [3.8, 4) is 0 Å². The maximum Gasteiger partial charge on any atom is 0.253 e. The summed E-state index contributed by atoms with van der Waals surface area (Å²) in [5, 5.41) is 3.45. The average Bonchev–Trinajstić information content (AvgIpc) is 3.09. The van der Waals surface area contributed by atoms with Gasteiger partial charge in [0.1, 0.15) is 5.82 Å². The third-order valence-electron chi connectivity index (χ3n) is 5.35. The summed E-state index contributed by atoms with van der Waals surface area (Å²) in [6, 6.07) is 14.2. The van der Waals surface area contributed by atoms with Gasteiger partial charge in [0.25, 0.3) is 5.91 Å². The number of nitrogens with one attached hydrogen (secondary N) is 2. The quantitative estimate of drug-likeness (QED) is 0.745. The lowest BCUT2D eigenvalue weighted by Crippen LogP contribution is -2.28. The Kier molecular flexibility index (Phi) is 4.94. The van der Waals surface area contributed by atoms with E-state index in [1.807, 2.05) is 31.3 Å². The van der Waals surface area contributed by atoms with Crippen LogP contribution in [-0.2, 0) is 6.54 Å². The highest BCUT2D eigenvalue weighted by molar-refractivity contribution is 5.94. The molecule has 1 atom stereocenters. The summed E-state index contributed by atoms with van der Waals surface area (Å²) in [4.78, 5) is 22.4. The number of rotatable bonds is 4. The maximum atomic E-state index is 12.8. The molecule has 0 radical (unpaired) electrons. The Bertz CT molecular complexity index is 939. The second kappa shape index (κ2) is 7.53.